The molecule has 3 unspecified atom stereocenters. The number of rotatable bonds is 3. The number of thiazole rings is 1. The van der Waals surface area contributed by atoms with Crippen LogP contribution in [0.5, 0.6) is 0 Å². The summed E-state index contributed by atoms with van der Waals surface area (Å²) in [6.07, 6.45) is 4.55. The summed E-state index contributed by atoms with van der Waals surface area (Å²) in [6, 6.07) is 10.9. The third kappa shape index (κ3) is 3.24. The average Bonchev–Trinajstić information content (AvgIpc) is 2.88. The topological polar surface area (TPSA) is 12.9 Å². The van der Waals surface area contributed by atoms with Crippen LogP contribution in [0.3, 0.4) is 0 Å². The van der Waals surface area contributed by atoms with E-state index in [2.05, 4.69) is 47.6 Å². The predicted molar refractivity (Wildman–Crippen MR) is 86.7 cm³/mol. The van der Waals surface area contributed by atoms with Crippen molar-refractivity contribution in [1.29, 1.82) is 0 Å². The molecule has 0 saturated heterocycles. The average molecular weight is 306 g/mol. The van der Waals surface area contributed by atoms with E-state index in [0.717, 1.165) is 17.8 Å². The van der Waals surface area contributed by atoms with E-state index >= 15 is 0 Å². The summed E-state index contributed by atoms with van der Waals surface area (Å²) >= 11 is 8.30. The zero-order valence-corrected chi connectivity index (χ0v) is 13.3. The number of benzene rings is 1. The van der Waals surface area contributed by atoms with Gasteiger partial charge in [-0.2, -0.15) is 0 Å². The van der Waals surface area contributed by atoms with E-state index in [1.807, 2.05) is 0 Å². The van der Waals surface area contributed by atoms with Crippen molar-refractivity contribution in [3.05, 3.63) is 52.0 Å². The molecular formula is C17H20ClNS. The maximum absolute atomic E-state index is 6.57. The van der Waals surface area contributed by atoms with Gasteiger partial charge in [0.25, 0.3) is 0 Å². The summed E-state index contributed by atoms with van der Waals surface area (Å²) in [5.41, 5.74) is 2.69. The summed E-state index contributed by atoms with van der Waals surface area (Å²) in [6.45, 7) is 2.07. The molecule has 0 N–H and O–H groups in total. The molecule has 1 fully saturated rings. The number of halogens is 1. The molecule has 0 radical (unpaired) electrons. The van der Waals surface area contributed by atoms with Gasteiger partial charge in [-0.3, -0.25) is 0 Å². The maximum atomic E-state index is 6.57. The first kappa shape index (κ1) is 14.1. The molecule has 1 aromatic heterocycles. The fourth-order valence-electron chi connectivity index (χ4n) is 3.24. The van der Waals surface area contributed by atoms with Gasteiger partial charge in [-0.1, -0.05) is 30.3 Å². The summed E-state index contributed by atoms with van der Waals surface area (Å²) in [7, 11) is 0. The smallest absolute Gasteiger partial charge is 0.0897 e. The first-order valence-corrected chi connectivity index (χ1v) is 8.64. The minimum absolute atomic E-state index is 0.303. The molecule has 0 aliphatic heterocycles. The second kappa shape index (κ2) is 6.28. The SMILES string of the molecule is Cc1nc(CC2CC(c3ccccc3)CCC2Cl)cs1. The molecular weight excluding hydrogens is 286 g/mol. The first-order valence-electron chi connectivity index (χ1n) is 7.32. The molecule has 3 rings (SSSR count). The summed E-state index contributed by atoms with van der Waals surface area (Å²) < 4.78 is 0. The van der Waals surface area contributed by atoms with Crippen LogP contribution in [0.4, 0.5) is 0 Å². The van der Waals surface area contributed by atoms with E-state index in [0.29, 0.717) is 17.2 Å². The predicted octanol–water partition coefficient (Wildman–Crippen LogP) is 5.19. The van der Waals surface area contributed by atoms with E-state index in [4.69, 9.17) is 11.6 Å². The lowest BCUT2D eigenvalue weighted by Gasteiger charge is -2.33. The fourth-order valence-corrected chi connectivity index (χ4v) is 4.18. The Kier molecular flexibility index (Phi) is 4.42. The van der Waals surface area contributed by atoms with Gasteiger partial charge in [-0.15, -0.1) is 22.9 Å². The van der Waals surface area contributed by atoms with Crippen LogP contribution >= 0.6 is 22.9 Å². The van der Waals surface area contributed by atoms with E-state index in [1.165, 1.54) is 24.1 Å². The van der Waals surface area contributed by atoms with Crippen molar-refractivity contribution in [3.63, 3.8) is 0 Å². The molecule has 106 valence electrons. The van der Waals surface area contributed by atoms with Crippen LogP contribution in [-0.2, 0) is 6.42 Å². The van der Waals surface area contributed by atoms with Gasteiger partial charge in [-0.05, 0) is 50.0 Å². The Hall–Kier alpha value is -0.860. The van der Waals surface area contributed by atoms with Crippen molar-refractivity contribution in [2.45, 2.75) is 43.9 Å². The molecule has 2 aromatic rings. The highest BCUT2D eigenvalue weighted by Gasteiger charge is 2.30. The van der Waals surface area contributed by atoms with Crippen molar-refractivity contribution >= 4 is 22.9 Å². The van der Waals surface area contributed by atoms with Crippen LogP contribution < -0.4 is 0 Å². The Morgan fingerprint density at radius 2 is 2.05 bits per heavy atom. The van der Waals surface area contributed by atoms with Crippen molar-refractivity contribution in [1.82, 2.24) is 4.98 Å². The molecule has 3 heteroatoms. The highest BCUT2D eigenvalue weighted by Crippen LogP contribution is 2.40. The van der Waals surface area contributed by atoms with E-state index in [1.54, 1.807) is 11.3 Å². The molecule has 1 aliphatic carbocycles. The Balaban J connectivity index is 1.70. The Bertz CT molecular complexity index is 551. The molecule has 1 aromatic carbocycles. The second-order valence-electron chi connectivity index (χ2n) is 5.76. The number of aromatic nitrogens is 1. The maximum Gasteiger partial charge on any atom is 0.0897 e. The first-order chi connectivity index (χ1) is 9.72. The van der Waals surface area contributed by atoms with Crippen LogP contribution in [0.25, 0.3) is 0 Å². The van der Waals surface area contributed by atoms with Crippen LogP contribution in [0.2, 0.25) is 0 Å². The van der Waals surface area contributed by atoms with E-state index in [-0.39, 0.29) is 0 Å². The second-order valence-corrected chi connectivity index (χ2v) is 7.38. The fraction of sp³-hybridized carbons (Fsp3) is 0.471. The van der Waals surface area contributed by atoms with Crippen molar-refractivity contribution in [3.8, 4) is 0 Å². The molecule has 1 nitrogen and oxygen atoms in total. The molecule has 1 saturated carbocycles. The molecule has 1 aliphatic rings. The van der Waals surface area contributed by atoms with Crippen molar-refractivity contribution in [2.24, 2.45) is 5.92 Å². The van der Waals surface area contributed by atoms with Gasteiger partial charge < -0.3 is 0 Å². The van der Waals surface area contributed by atoms with Gasteiger partial charge in [0, 0.05) is 10.8 Å². The highest BCUT2D eigenvalue weighted by molar-refractivity contribution is 7.09. The van der Waals surface area contributed by atoms with Gasteiger partial charge >= 0.3 is 0 Å². The van der Waals surface area contributed by atoms with Crippen molar-refractivity contribution in [2.75, 3.05) is 0 Å². The Morgan fingerprint density at radius 3 is 2.75 bits per heavy atom. The Morgan fingerprint density at radius 1 is 1.25 bits per heavy atom. The van der Waals surface area contributed by atoms with Crippen LogP contribution in [0.15, 0.2) is 35.7 Å². The third-order valence-corrected chi connectivity index (χ3v) is 5.70. The van der Waals surface area contributed by atoms with Gasteiger partial charge in [0.15, 0.2) is 0 Å². The Labute approximate surface area is 130 Å². The summed E-state index contributed by atoms with van der Waals surface area (Å²) in [5, 5.41) is 3.64. The molecule has 3 atom stereocenters. The van der Waals surface area contributed by atoms with Gasteiger partial charge in [0.05, 0.1) is 10.7 Å². The molecule has 0 amide bonds. The van der Waals surface area contributed by atoms with E-state index in [9.17, 15) is 0 Å². The lowest BCUT2D eigenvalue weighted by Crippen LogP contribution is -2.26. The number of hydrogen-bond acceptors (Lipinski definition) is 2. The molecule has 0 bridgehead atoms. The molecule has 1 heterocycles. The third-order valence-electron chi connectivity index (χ3n) is 4.30. The quantitative estimate of drug-likeness (QED) is 0.712. The molecule has 0 spiro atoms. The van der Waals surface area contributed by atoms with Crippen LogP contribution in [-0.4, -0.2) is 10.4 Å². The summed E-state index contributed by atoms with van der Waals surface area (Å²) in [4.78, 5) is 4.60. The standard InChI is InChI=1S/C17H20ClNS/c1-12-19-16(11-20-12)10-15-9-14(7-8-17(15)18)13-5-3-2-4-6-13/h2-6,11,14-15,17H,7-10H2,1H3. The number of alkyl halides is 1. The molecule has 20 heavy (non-hydrogen) atoms. The monoisotopic (exact) mass is 305 g/mol. The number of aryl methyl sites for hydroxylation is 1. The zero-order valence-electron chi connectivity index (χ0n) is 11.8. The number of hydrogen-bond donors (Lipinski definition) is 0. The lowest BCUT2D eigenvalue weighted by molar-refractivity contribution is 0.325. The van der Waals surface area contributed by atoms with Crippen LogP contribution in [0.1, 0.15) is 41.4 Å². The van der Waals surface area contributed by atoms with Gasteiger partial charge in [0.2, 0.25) is 0 Å². The zero-order chi connectivity index (χ0) is 13.9. The normalized spacial score (nSPS) is 26.6. The van der Waals surface area contributed by atoms with Gasteiger partial charge in [-0.25, -0.2) is 4.98 Å². The largest absolute Gasteiger partial charge is 0.247 e. The van der Waals surface area contributed by atoms with Crippen molar-refractivity contribution < 1.29 is 0 Å². The summed E-state index contributed by atoms with van der Waals surface area (Å²) in [5.74, 6) is 1.22. The van der Waals surface area contributed by atoms with Crippen LogP contribution in [0, 0.1) is 12.8 Å². The van der Waals surface area contributed by atoms with Gasteiger partial charge in [0.1, 0.15) is 0 Å². The minimum Gasteiger partial charge on any atom is -0.247 e. The lowest BCUT2D eigenvalue weighted by atomic mass is 9.76. The highest BCUT2D eigenvalue weighted by atomic mass is 35.5. The van der Waals surface area contributed by atoms with E-state index < -0.39 is 0 Å². The minimum atomic E-state index is 0.303. The number of nitrogens with zero attached hydrogens (tertiary/aromatic N) is 1.